The zero-order valence-electron chi connectivity index (χ0n) is 15.2. The fourth-order valence-electron chi connectivity index (χ4n) is 2.99. The molecule has 1 aliphatic rings. The van der Waals surface area contributed by atoms with E-state index >= 15 is 0 Å². The Labute approximate surface area is 148 Å². The van der Waals surface area contributed by atoms with Crippen LogP contribution < -0.4 is 5.32 Å². The van der Waals surface area contributed by atoms with Crippen LogP contribution in [0.1, 0.15) is 56.9 Å². The molecule has 3 rings (SSSR count). The normalized spacial score (nSPS) is 18.1. The molecule has 1 N–H and O–H groups in total. The van der Waals surface area contributed by atoms with Gasteiger partial charge in [-0.25, -0.2) is 0 Å². The highest BCUT2D eigenvalue weighted by Crippen LogP contribution is 2.33. The maximum absolute atomic E-state index is 12.3. The molecule has 0 aliphatic carbocycles. The summed E-state index contributed by atoms with van der Waals surface area (Å²) in [6.07, 6.45) is 1.25. The zero-order chi connectivity index (χ0) is 17.9. The van der Waals surface area contributed by atoms with Crippen LogP contribution in [-0.2, 0) is 17.9 Å². The van der Waals surface area contributed by atoms with Gasteiger partial charge in [-0.2, -0.15) is 4.98 Å². The summed E-state index contributed by atoms with van der Waals surface area (Å²) in [4.78, 5) is 18.6. The van der Waals surface area contributed by atoms with Crippen LogP contribution in [0.2, 0.25) is 0 Å². The molecule has 2 aromatic rings. The third kappa shape index (κ3) is 4.66. The molecule has 6 heteroatoms. The van der Waals surface area contributed by atoms with E-state index in [-0.39, 0.29) is 17.4 Å². The molecule has 1 fully saturated rings. The summed E-state index contributed by atoms with van der Waals surface area (Å²) in [5, 5.41) is 7.40. The second-order valence-corrected chi connectivity index (χ2v) is 7.77. The number of benzene rings is 1. The first-order chi connectivity index (χ1) is 11.9. The molecule has 2 heterocycles. The van der Waals surface area contributed by atoms with Gasteiger partial charge >= 0.3 is 0 Å². The minimum absolute atomic E-state index is 0.128. The Hall–Kier alpha value is -2.21. The number of rotatable bonds is 6. The van der Waals surface area contributed by atoms with Crippen molar-refractivity contribution >= 4 is 5.91 Å². The summed E-state index contributed by atoms with van der Waals surface area (Å²) in [7, 11) is 0. The van der Waals surface area contributed by atoms with Gasteiger partial charge in [0.25, 0.3) is 0 Å². The summed E-state index contributed by atoms with van der Waals surface area (Å²) in [6, 6.07) is 9.86. The van der Waals surface area contributed by atoms with E-state index in [1.54, 1.807) is 0 Å². The van der Waals surface area contributed by atoms with Crippen molar-refractivity contribution in [1.82, 2.24) is 20.4 Å². The number of nitrogens with zero attached hydrogens (tertiary/aromatic N) is 3. The van der Waals surface area contributed by atoms with Crippen LogP contribution in [0.3, 0.4) is 0 Å². The lowest BCUT2D eigenvalue weighted by Crippen LogP contribution is -2.28. The van der Waals surface area contributed by atoms with E-state index in [2.05, 4.69) is 36.2 Å². The molecule has 1 aliphatic heterocycles. The molecule has 0 radical (unpaired) electrons. The number of nitrogens with one attached hydrogen (secondary N) is 1. The van der Waals surface area contributed by atoms with Gasteiger partial charge in [-0.15, -0.1) is 0 Å². The lowest BCUT2D eigenvalue weighted by molar-refractivity contribution is -0.129. The number of carbonyl (C=O) groups is 1. The highest BCUT2D eigenvalue weighted by atomic mass is 16.5. The lowest BCUT2D eigenvalue weighted by atomic mass is 9.97. The van der Waals surface area contributed by atoms with Crippen LogP contribution in [0.15, 0.2) is 34.9 Å². The molecule has 0 bridgehead atoms. The van der Waals surface area contributed by atoms with Crippen molar-refractivity contribution in [2.24, 2.45) is 5.41 Å². The number of likely N-dealkylation sites (tertiary alicyclic amines) is 1. The fraction of sp³-hybridized carbons (Fsp3) is 0.526. The summed E-state index contributed by atoms with van der Waals surface area (Å²) in [6.45, 7) is 8.54. The first kappa shape index (κ1) is 17.6. The molecule has 0 unspecified atom stereocenters. The van der Waals surface area contributed by atoms with Gasteiger partial charge in [0.05, 0.1) is 6.54 Å². The first-order valence-electron chi connectivity index (χ1n) is 8.79. The Balaban J connectivity index is 1.65. The third-order valence-electron chi connectivity index (χ3n) is 4.23. The highest BCUT2D eigenvalue weighted by molar-refractivity contribution is 5.78. The Morgan fingerprint density at radius 3 is 2.76 bits per heavy atom. The third-order valence-corrected chi connectivity index (χ3v) is 4.23. The quantitative estimate of drug-likeness (QED) is 0.873. The molecule has 134 valence electrons. The first-order valence-corrected chi connectivity index (χ1v) is 8.79. The van der Waals surface area contributed by atoms with Crippen molar-refractivity contribution in [3.05, 3.63) is 47.6 Å². The molecular formula is C19H26N4O2. The minimum Gasteiger partial charge on any atom is -0.337 e. The summed E-state index contributed by atoms with van der Waals surface area (Å²) in [5.74, 6) is 1.31. The van der Waals surface area contributed by atoms with Gasteiger partial charge in [-0.05, 0) is 17.4 Å². The van der Waals surface area contributed by atoms with Gasteiger partial charge in [-0.1, -0.05) is 56.3 Å². The molecule has 1 aromatic heterocycles. The number of hydrogen-bond donors (Lipinski definition) is 1. The van der Waals surface area contributed by atoms with Crippen molar-refractivity contribution in [2.75, 3.05) is 6.54 Å². The molecule has 1 saturated heterocycles. The number of hydrogen-bond acceptors (Lipinski definition) is 5. The van der Waals surface area contributed by atoms with Crippen molar-refractivity contribution < 1.29 is 9.32 Å². The predicted octanol–water partition coefficient (Wildman–Crippen LogP) is 3.07. The van der Waals surface area contributed by atoms with E-state index in [9.17, 15) is 4.79 Å². The van der Waals surface area contributed by atoms with Crippen LogP contribution >= 0.6 is 0 Å². The van der Waals surface area contributed by atoms with E-state index in [1.165, 1.54) is 0 Å². The lowest BCUT2D eigenvalue weighted by Gasteiger charge is -2.22. The van der Waals surface area contributed by atoms with E-state index in [0.717, 1.165) is 18.5 Å². The molecular weight excluding hydrogens is 316 g/mol. The average Bonchev–Trinajstić information content (AvgIpc) is 3.15. The van der Waals surface area contributed by atoms with E-state index in [1.807, 2.05) is 35.2 Å². The van der Waals surface area contributed by atoms with Crippen LogP contribution in [-0.4, -0.2) is 27.5 Å². The van der Waals surface area contributed by atoms with Crippen LogP contribution in [0, 0.1) is 5.41 Å². The molecule has 1 aromatic carbocycles. The Morgan fingerprint density at radius 1 is 1.28 bits per heavy atom. The molecule has 25 heavy (non-hydrogen) atoms. The van der Waals surface area contributed by atoms with Crippen molar-refractivity contribution in [2.45, 2.75) is 52.7 Å². The monoisotopic (exact) mass is 342 g/mol. The largest absolute Gasteiger partial charge is 0.337 e. The van der Waals surface area contributed by atoms with Gasteiger partial charge in [0.2, 0.25) is 11.8 Å². The van der Waals surface area contributed by atoms with Gasteiger partial charge in [0.1, 0.15) is 6.04 Å². The highest BCUT2D eigenvalue weighted by Gasteiger charge is 2.35. The van der Waals surface area contributed by atoms with Crippen molar-refractivity contribution in [3.63, 3.8) is 0 Å². The Morgan fingerprint density at radius 2 is 2.04 bits per heavy atom. The van der Waals surface area contributed by atoms with Crippen LogP contribution in [0.25, 0.3) is 0 Å². The van der Waals surface area contributed by atoms with Gasteiger partial charge < -0.3 is 14.7 Å². The number of carbonyl (C=O) groups excluding carboxylic acids is 1. The second-order valence-electron chi connectivity index (χ2n) is 7.77. The number of amides is 1. The molecule has 1 amide bonds. The van der Waals surface area contributed by atoms with Gasteiger partial charge in [-0.3, -0.25) is 4.79 Å². The average molecular weight is 342 g/mol. The maximum Gasteiger partial charge on any atom is 0.249 e. The second kappa shape index (κ2) is 7.35. The van der Waals surface area contributed by atoms with E-state index in [0.29, 0.717) is 31.2 Å². The molecule has 0 spiro atoms. The smallest absolute Gasteiger partial charge is 0.249 e. The topological polar surface area (TPSA) is 71.3 Å². The Bertz CT molecular complexity index is 706. The predicted molar refractivity (Wildman–Crippen MR) is 94.4 cm³/mol. The summed E-state index contributed by atoms with van der Waals surface area (Å²) < 4.78 is 5.45. The van der Waals surface area contributed by atoms with Crippen LogP contribution in [0.5, 0.6) is 0 Å². The van der Waals surface area contributed by atoms with Crippen molar-refractivity contribution in [3.8, 4) is 0 Å². The van der Waals surface area contributed by atoms with Gasteiger partial charge in [0.15, 0.2) is 5.82 Å². The Kier molecular flexibility index (Phi) is 5.18. The summed E-state index contributed by atoms with van der Waals surface area (Å²) >= 11 is 0. The number of aromatic nitrogens is 2. The molecule has 6 nitrogen and oxygen atoms in total. The standard InChI is InChI=1S/C19H26N4O2/c1-19(2,3)13-20-11-16-21-18(25-22-16)15-9-10-17(24)23(15)12-14-7-5-4-6-8-14/h4-8,15,20H,9-13H2,1-3H3/t15-/m0/s1. The minimum atomic E-state index is -0.128. The SMILES string of the molecule is CC(C)(C)CNCc1noc([C@@H]2CCC(=O)N2Cc2ccccc2)n1. The molecule has 0 saturated carbocycles. The van der Waals surface area contributed by atoms with E-state index < -0.39 is 0 Å². The molecule has 1 atom stereocenters. The maximum atomic E-state index is 12.3. The summed E-state index contributed by atoms with van der Waals surface area (Å²) in [5.41, 5.74) is 1.31. The fourth-order valence-corrected chi connectivity index (χ4v) is 2.99. The van der Waals surface area contributed by atoms with E-state index in [4.69, 9.17) is 4.52 Å². The zero-order valence-corrected chi connectivity index (χ0v) is 15.2. The van der Waals surface area contributed by atoms with Gasteiger partial charge in [0, 0.05) is 19.5 Å². The van der Waals surface area contributed by atoms with Crippen LogP contribution in [0.4, 0.5) is 0 Å². The van der Waals surface area contributed by atoms with Crippen molar-refractivity contribution in [1.29, 1.82) is 0 Å².